The fourth-order valence-corrected chi connectivity index (χ4v) is 3.87. The Morgan fingerprint density at radius 3 is 2.85 bits per heavy atom. The lowest BCUT2D eigenvalue weighted by molar-refractivity contribution is 0.0831. The third-order valence-electron chi connectivity index (χ3n) is 4.00. The molecule has 0 saturated carbocycles. The first-order chi connectivity index (χ1) is 12.4. The minimum atomic E-state index is -0.318. The third-order valence-corrected chi connectivity index (χ3v) is 5.13. The normalized spacial score (nSPS) is 11.1. The van der Waals surface area contributed by atoms with Gasteiger partial charge in [-0.3, -0.25) is 9.20 Å². The largest absolute Gasteiger partial charge is 0.383 e. The van der Waals surface area contributed by atoms with Gasteiger partial charge in [0.05, 0.1) is 6.61 Å². The molecule has 0 radical (unpaired) electrons. The number of aryl methyl sites for hydroxylation is 1. The Morgan fingerprint density at radius 2 is 2.19 bits per heavy atom. The van der Waals surface area contributed by atoms with Crippen LogP contribution in [-0.4, -0.2) is 54.5 Å². The molecule has 0 aliphatic carbocycles. The monoisotopic (exact) mass is 376 g/mol. The average molecular weight is 376 g/mol. The predicted octanol–water partition coefficient (Wildman–Crippen LogP) is 3.27. The second kappa shape index (κ2) is 7.43. The van der Waals surface area contributed by atoms with Crippen molar-refractivity contribution in [3.63, 3.8) is 0 Å². The average Bonchev–Trinajstić information content (AvgIpc) is 3.12. The van der Waals surface area contributed by atoms with Crippen LogP contribution in [0.3, 0.4) is 0 Å². The van der Waals surface area contributed by atoms with E-state index >= 15 is 0 Å². The summed E-state index contributed by atoms with van der Waals surface area (Å²) in [5.41, 5.74) is 2.14. The van der Waals surface area contributed by atoms with E-state index in [1.54, 1.807) is 32.2 Å². The molecule has 0 fully saturated rings. The number of hydrogen-bond acceptors (Lipinski definition) is 5. The molecule has 0 unspecified atom stereocenters. The number of halogens is 1. The molecule has 0 spiro atoms. The molecule has 26 heavy (non-hydrogen) atoms. The zero-order chi connectivity index (χ0) is 18.8. The zero-order valence-corrected chi connectivity index (χ0v) is 16.0. The SMILES string of the molecule is COCCNc1c(-c2cccc(F)c2)nc2sc(C(=O)N(C)C)c(C)n12. The fraction of sp³-hybridized carbons (Fsp3) is 0.333. The van der Waals surface area contributed by atoms with Gasteiger partial charge < -0.3 is 15.0 Å². The van der Waals surface area contributed by atoms with Crippen molar-refractivity contribution in [2.45, 2.75) is 6.92 Å². The van der Waals surface area contributed by atoms with Gasteiger partial charge in [0.1, 0.15) is 22.2 Å². The number of carbonyl (C=O) groups is 1. The number of thiazole rings is 1. The van der Waals surface area contributed by atoms with Crippen molar-refractivity contribution in [2.24, 2.45) is 0 Å². The van der Waals surface area contributed by atoms with Crippen LogP contribution >= 0.6 is 11.3 Å². The van der Waals surface area contributed by atoms with E-state index in [2.05, 4.69) is 10.3 Å². The number of nitrogens with one attached hydrogen (secondary N) is 1. The minimum absolute atomic E-state index is 0.0619. The maximum absolute atomic E-state index is 13.7. The van der Waals surface area contributed by atoms with Gasteiger partial charge in [0.2, 0.25) is 0 Å². The molecule has 0 bridgehead atoms. The Morgan fingerprint density at radius 1 is 1.42 bits per heavy atom. The van der Waals surface area contributed by atoms with Crippen LogP contribution in [-0.2, 0) is 4.74 Å². The summed E-state index contributed by atoms with van der Waals surface area (Å²) in [6.45, 7) is 2.97. The third kappa shape index (κ3) is 3.30. The molecule has 3 aromatic rings. The Kier molecular flexibility index (Phi) is 5.24. The van der Waals surface area contributed by atoms with Crippen molar-refractivity contribution >= 4 is 28.0 Å². The van der Waals surface area contributed by atoms with E-state index in [1.165, 1.54) is 23.5 Å². The molecule has 1 aromatic carbocycles. The Bertz CT molecular complexity index is 948. The van der Waals surface area contributed by atoms with E-state index in [0.717, 1.165) is 11.5 Å². The van der Waals surface area contributed by atoms with Crippen molar-refractivity contribution in [3.8, 4) is 11.3 Å². The molecule has 3 rings (SSSR count). The fourth-order valence-electron chi connectivity index (χ4n) is 2.72. The molecule has 0 atom stereocenters. The van der Waals surface area contributed by atoms with Crippen LogP contribution in [0.2, 0.25) is 0 Å². The highest BCUT2D eigenvalue weighted by molar-refractivity contribution is 7.19. The van der Waals surface area contributed by atoms with Crippen molar-refractivity contribution in [1.29, 1.82) is 0 Å². The number of hydrogen-bond donors (Lipinski definition) is 1. The van der Waals surface area contributed by atoms with Crippen molar-refractivity contribution in [2.75, 3.05) is 39.7 Å². The predicted molar refractivity (Wildman–Crippen MR) is 102 cm³/mol. The van der Waals surface area contributed by atoms with Gasteiger partial charge in [-0.15, -0.1) is 0 Å². The second-order valence-electron chi connectivity index (χ2n) is 6.07. The summed E-state index contributed by atoms with van der Waals surface area (Å²) < 4.78 is 20.7. The molecule has 6 nitrogen and oxygen atoms in total. The Balaban J connectivity index is 2.16. The van der Waals surface area contributed by atoms with Crippen molar-refractivity contribution in [1.82, 2.24) is 14.3 Å². The number of amides is 1. The van der Waals surface area contributed by atoms with Crippen LogP contribution in [0.4, 0.5) is 10.2 Å². The zero-order valence-electron chi connectivity index (χ0n) is 15.2. The first-order valence-corrected chi connectivity index (χ1v) is 8.98. The van der Waals surface area contributed by atoms with Crippen LogP contribution in [0.1, 0.15) is 15.4 Å². The second-order valence-corrected chi connectivity index (χ2v) is 7.05. The van der Waals surface area contributed by atoms with Crippen LogP contribution in [0.5, 0.6) is 0 Å². The summed E-state index contributed by atoms with van der Waals surface area (Å²) >= 11 is 1.33. The smallest absolute Gasteiger partial charge is 0.265 e. The first kappa shape index (κ1) is 18.3. The number of fused-ring (bicyclic) bond motifs is 1. The van der Waals surface area contributed by atoms with Gasteiger partial charge in [-0.05, 0) is 19.1 Å². The highest BCUT2D eigenvalue weighted by Gasteiger charge is 2.23. The number of methoxy groups -OCH3 is 1. The van der Waals surface area contributed by atoms with Gasteiger partial charge in [-0.25, -0.2) is 9.37 Å². The van der Waals surface area contributed by atoms with E-state index in [-0.39, 0.29) is 11.7 Å². The standard InChI is InChI=1S/C18H21FN4O2S/c1-11-15(17(24)22(2)3)26-18-21-14(12-6-5-7-13(19)10-12)16(23(11)18)20-8-9-25-4/h5-7,10,20H,8-9H2,1-4H3. The van der Waals surface area contributed by atoms with E-state index in [1.807, 2.05) is 17.4 Å². The Hall–Kier alpha value is -2.45. The molecule has 0 aliphatic heterocycles. The molecule has 138 valence electrons. The van der Waals surface area contributed by atoms with Gasteiger partial charge in [-0.2, -0.15) is 0 Å². The number of aromatic nitrogens is 2. The van der Waals surface area contributed by atoms with Crippen molar-refractivity contribution in [3.05, 3.63) is 40.7 Å². The van der Waals surface area contributed by atoms with Crippen LogP contribution in [0.25, 0.3) is 16.2 Å². The number of ether oxygens (including phenoxy) is 1. The van der Waals surface area contributed by atoms with Gasteiger partial charge >= 0.3 is 0 Å². The summed E-state index contributed by atoms with van der Waals surface area (Å²) in [7, 11) is 5.07. The summed E-state index contributed by atoms with van der Waals surface area (Å²) in [6, 6.07) is 6.33. The van der Waals surface area contributed by atoms with E-state index in [4.69, 9.17) is 4.74 Å². The molecule has 0 saturated heterocycles. The summed E-state index contributed by atoms with van der Waals surface area (Å²) in [4.78, 5) is 19.9. The summed E-state index contributed by atoms with van der Waals surface area (Å²) in [5, 5.41) is 3.31. The number of nitrogens with zero attached hydrogens (tertiary/aromatic N) is 3. The van der Waals surface area contributed by atoms with Gasteiger partial charge in [0.25, 0.3) is 5.91 Å². The number of anilines is 1. The quantitative estimate of drug-likeness (QED) is 0.671. The molecular weight excluding hydrogens is 355 g/mol. The maximum atomic E-state index is 13.7. The lowest BCUT2D eigenvalue weighted by Gasteiger charge is -2.11. The first-order valence-electron chi connectivity index (χ1n) is 8.16. The number of benzene rings is 1. The number of imidazole rings is 1. The molecule has 8 heteroatoms. The number of carbonyl (C=O) groups excluding carboxylic acids is 1. The molecule has 1 amide bonds. The lowest BCUT2D eigenvalue weighted by Crippen LogP contribution is -2.21. The topological polar surface area (TPSA) is 58.9 Å². The lowest BCUT2D eigenvalue weighted by atomic mass is 10.1. The van der Waals surface area contributed by atoms with Gasteiger partial charge in [-0.1, -0.05) is 23.5 Å². The van der Waals surface area contributed by atoms with E-state index in [9.17, 15) is 9.18 Å². The van der Waals surface area contributed by atoms with Gasteiger partial charge in [0, 0.05) is 39.0 Å². The highest BCUT2D eigenvalue weighted by atomic mass is 32.1. The van der Waals surface area contributed by atoms with Gasteiger partial charge in [0.15, 0.2) is 4.96 Å². The molecule has 1 N–H and O–H groups in total. The van der Waals surface area contributed by atoms with E-state index in [0.29, 0.717) is 34.2 Å². The highest BCUT2D eigenvalue weighted by Crippen LogP contribution is 2.35. The summed E-state index contributed by atoms with van der Waals surface area (Å²) in [6.07, 6.45) is 0. The van der Waals surface area contributed by atoms with Crippen molar-refractivity contribution < 1.29 is 13.9 Å². The molecule has 2 heterocycles. The molecular formula is C18H21FN4O2S. The van der Waals surface area contributed by atoms with Crippen LogP contribution < -0.4 is 5.32 Å². The number of rotatable bonds is 6. The van der Waals surface area contributed by atoms with Crippen LogP contribution in [0, 0.1) is 12.7 Å². The summed E-state index contributed by atoms with van der Waals surface area (Å²) in [5.74, 6) is 0.351. The maximum Gasteiger partial charge on any atom is 0.265 e. The van der Waals surface area contributed by atoms with Crippen LogP contribution in [0.15, 0.2) is 24.3 Å². The van der Waals surface area contributed by atoms with E-state index < -0.39 is 0 Å². The minimum Gasteiger partial charge on any atom is -0.383 e. The molecule has 2 aromatic heterocycles. The Labute approximate surface area is 155 Å². The molecule has 0 aliphatic rings.